The normalized spacial score (nSPS) is 10.5. The van der Waals surface area contributed by atoms with Gasteiger partial charge in [-0.1, -0.05) is 23.2 Å². The fourth-order valence-corrected chi connectivity index (χ4v) is 1.69. The molecule has 0 aliphatic rings. The standard InChI is InChI=1S/C10H4Cl2O3/c11-5-1-2-8-6(3-5)9(12)7(4-13)10(14)15-8/h1-4H. The summed E-state index contributed by atoms with van der Waals surface area (Å²) in [5.41, 5.74) is -0.628. The van der Waals surface area contributed by atoms with Crippen LogP contribution in [0.5, 0.6) is 0 Å². The van der Waals surface area contributed by atoms with E-state index in [9.17, 15) is 9.59 Å². The third-order valence-corrected chi connectivity index (χ3v) is 2.60. The summed E-state index contributed by atoms with van der Waals surface area (Å²) in [5, 5.41) is 0.972. The van der Waals surface area contributed by atoms with Gasteiger partial charge in [-0.2, -0.15) is 0 Å². The average molecular weight is 243 g/mol. The number of hydrogen-bond acceptors (Lipinski definition) is 3. The fourth-order valence-electron chi connectivity index (χ4n) is 1.25. The van der Waals surface area contributed by atoms with E-state index in [2.05, 4.69) is 0 Å². The van der Waals surface area contributed by atoms with E-state index in [0.29, 0.717) is 22.3 Å². The van der Waals surface area contributed by atoms with Crippen LogP contribution in [-0.2, 0) is 0 Å². The number of hydrogen-bond donors (Lipinski definition) is 0. The smallest absolute Gasteiger partial charge is 0.348 e. The van der Waals surface area contributed by atoms with Crippen LogP contribution in [0.15, 0.2) is 27.4 Å². The first kappa shape index (κ1) is 10.2. The van der Waals surface area contributed by atoms with Crippen molar-refractivity contribution >= 4 is 40.5 Å². The van der Waals surface area contributed by atoms with E-state index in [-0.39, 0.29) is 10.6 Å². The second-order valence-electron chi connectivity index (χ2n) is 2.88. The fraction of sp³-hybridized carbons (Fsp3) is 0. The lowest BCUT2D eigenvalue weighted by molar-refractivity contribution is 0.112. The number of fused-ring (bicyclic) bond motifs is 1. The van der Waals surface area contributed by atoms with Crippen LogP contribution in [0.2, 0.25) is 10.0 Å². The third-order valence-electron chi connectivity index (χ3n) is 1.95. The van der Waals surface area contributed by atoms with Crippen molar-refractivity contribution in [2.24, 2.45) is 0 Å². The van der Waals surface area contributed by atoms with Crippen LogP contribution in [0.4, 0.5) is 0 Å². The maximum Gasteiger partial charge on any atom is 0.348 e. The number of carbonyl (C=O) groups excluding carboxylic acids is 1. The number of rotatable bonds is 1. The average Bonchev–Trinajstić information content (AvgIpc) is 2.20. The monoisotopic (exact) mass is 242 g/mol. The third kappa shape index (κ3) is 1.64. The van der Waals surface area contributed by atoms with E-state index in [4.69, 9.17) is 27.6 Å². The minimum absolute atomic E-state index is 0.0683. The summed E-state index contributed by atoms with van der Waals surface area (Å²) in [6.45, 7) is 0. The molecule has 1 aromatic carbocycles. The highest BCUT2D eigenvalue weighted by atomic mass is 35.5. The van der Waals surface area contributed by atoms with Crippen molar-refractivity contribution < 1.29 is 9.21 Å². The number of carbonyl (C=O) groups is 1. The zero-order valence-electron chi connectivity index (χ0n) is 7.29. The van der Waals surface area contributed by atoms with Crippen molar-refractivity contribution in [3.8, 4) is 0 Å². The molecule has 0 saturated heterocycles. The Balaban J connectivity index is 2.98. The molecule has 5 heteroatoms. The molecule has 0 radical (unpaired) electrons. The summed E-state index contributed by atoms with van der Waals surface area (Å²) in [6.07, 6.45) is 0.370. The first-order valence-corrected chi connectivity index (χ1v) is 4.76. The molecule has 2 rings (SSSR count). The van der Waals surface area contributed by atoms with Crippen LogP contribution in [0.3, 0.4) is 0 Å². The van der Waals surface area contributed by atoms with Gasteiger partial charge in [0.15, 0.2) is 6.29 Å². The van der Waals surface area contributed by atoms with Crippen LogP contribution in [0, 0.1) is 0 Å². The lowest BCUT2D eigenvalue weighted by atomic mass is 10.2. The predicted molar refractivity (Wildman–Crippen MR) is 57.9 cm³/mol. The highest BCUT2D eigenvalue weighted by Gasteiger charge is 2.12. The largest absolute Gasteiger partial charge is 0.422 e. The molecule has 0 bridgehead atoms. The van der Waals surface area contributed by atoms with Crippen LogP contribution < -0.4 is 5.63 Å². The topological polar surface area (TPSA) is 47.3 Å². The molecule has 2 aromatic rings. The quantitative estimate of drug-likeness (QED) is 0.571. The van der Waals surface area contributed by atoms with Gasteiger partial charge in [0.25, 0.3) is 0 Å². The van der Waals surface area contributed by atoms with Crippen LogP contribution in [-0.4, -0.2) is 6.29 Å². The van der Waals surface area contributed by atoms with Gasteiger partial charge in [0.1, 0.15) is 11.1 Å². The van der Waals surface area contributed by atoms with E-state index in [1.54, 1.807) is 6.07 Å². The lowest BCUT2D eigenvalue weighted by Gasteiger charge is -2.01. The minimum Gasteiger partial charge on any atom is -0.422 e. The lowest BCUT2D eigenvalue weighted by Crippen LogP contribution is -2.07. The molecule has 3 nitrogen and oxygen atoms in total. The maximum absolute atomic E-state index is 11.3. The maximum atomic E-state index is 11.3. The van der Waals surface area contributed by atoms with E-state index in [1.165, 1.54) is 12.1 Å². The van der Waals surface area contributed by atoms with Gasteiger partial charge in [0.2, 0.25) is 0 Å². The van der Waals surface area contributed by atoms with Crippen molar-refractivity contribution in [2.45, 2.75) is 0 Å². The molecular formula is C10H4Cl2O3. The van der Waals surface area contributed by atoms with Gasteiger partial charge in [-0.05, 0) is 18.2 Å². The molecule has 76 valence electrons. The van der Waals surface area contributed by atoms with Crippen molar-refractivity contribution in [3.63, 3.8) is 0 Å². The molecule has 0 N–H and O–H groups in total. The summed E-state index contributed by atoms with van der Waals surface area (Å²) < 4.78 is 4.89. The molecule has 0 amide bonds. The summed E-state index contributed by atoms with van der Waals surface area (Å²) in [5.74, 6) is 0. The van der Waals surface area contributed by atoms with Crippen LogP contribution in [0.25, 0.3) is 11.0 Å². The SMILES string of the molecule is O=Cc1c(Cl)c2cc(Cl)ccc2oc1=O. The van der Waals surface area contributed by atoms with Crippen LogP contribution >= 0.6 is 23.2 Å². The molecule has 0 aliphatic carbocycles. The molecule has 0 fully saturated rings. The highest BCUT2D eigenvalue weighted by Crippen LogP contribution is 2.26. The minimum atomic E-state index is -0.746. The van der Waals surface area contributed by atoms with E-state index in [1.807, 2.05) is 0 Å². The first-order valence-electron chi connectivity index (χ1n) is 4.00. The first-order chi connectivity index (χ1) is 7.13. The van der Waals surface area contributed by atoms with Crippen molar-refractivity contribution in [1.82, 2.24) is 0 Å². The summed E-state index contributed by atoms with van der Waals surface area (Å²) >= 11 is 11.6. The second-order valence-corrected chi connectivity index (χ2v) is 3.69. The van der Waals surface area contributed by atoms with Crippen molar-refractivity contribution in [3.05, 3.63) is 44.2 Å². The van der Waals surface area contributed by atoms with Gasteiger partial charge in [-0.15, -0.1) is 0 Å². The van der Waals surface area contributed by atoms with Crippen molar-refractivity contribution in [1.29, 1.82) is 0 Å². The molecular weight excluding hydrogens is 239 g/mol. The molecule has 1 aromatic heterocycles. The summed E-state index contributed by atoms with van der Waals surface area (Å²) in [6, 6.07) is 4.64. The van der Waals surface area contributed by atoms with Gasteiger partial charge in [0, 0.05) is 10.4 Å². The van der Waals surface area contributed by atoms with Gasteiger partial charge in [-0.25, -0.2) is 4.79 Å². The molecule has 0 atom stereocenters. The Kier molecular flexibility index (Phi) is 2.50. The number of benzene rings is 1. The molecule has 0 spiro atoms. The second kappa shape index (κ2) is 3.68. The van der Waals surface area contributed by atoms with Crippen LogP contribution in [0.1, 0.15) is 10.4 Å². The molecule has 0 saturated carbocycles. The molecule has 0 aliphatic heterocycles. The Morgan fingerprint density at radius 3 is 2.67 bits per heavy atom. The van der Waals surface area contributed by atoms with Gasteiger partial charge >= 0.3 is 5.63 Å². The summed E-state index contributed by atoms with van der Waals surface area (Å²) in [7, 11) is 0. The van der Waals surface area contributed by atoms with Gasteiger partial charge in [0.05, 0.1) is 5.02 Å². The van der Waals surface area contributed by atoms with E-state index < -0.39 is 5.63 Å². The molecule has 1 heterocycles. The Morgan fingerprint density at radius 2 is 2.00 bits per heavy atom. The molecule has 15 heavy (non-hydrogen) atoms. The predicted octanol–water partition coefficient (Wildman–Crippen LogP) is 2.91. The highest BCUT2D eigenvalue weighted by molar-refractivity contribution is 6.38. The molecule has 0 unspecified atom stereocenters. The van der Waals surface area contributed by atoms with E-state index >= 15 is 0 Å². The number of aldehydes is 1. The zero-order valence-corrected chi connectivity index (χ0v) is 8.80. The van der Waals surface area contributed by atoms with Gasteiger partial charge < -0.3 is 4.42 Å². The Bertz CT molecular complexity index is 601. The Labute approximate surface area is 94.2 Å². The zero-order chi connectivity index (χ0) is 11.0. The summed E-state index contributed by atoms with van der Waals surface area (Å²) in [4.78, 5) is 21.9. The van der Waals surface area contributed by atoms with E-state index in [0.717, 1.165) is 0 Å². The van der Waals surface area contributed by atoms with Crippen molar-refractivity contribution in [2.75, 3.05) is 0 Å². The Morgan fingerprint density at radius 1 is 1.27 bits per heavy atom. The number of halogens is 2. The Hall–Kier alpha value is -1.32. The van der Waals surface area contributed by atoms with Gasteiger partial charge in [-0.3, -0.25) is 4.79 Å².